The summed E-state index contributed by atoms with van der Waals surface area (Å²) in [5.74, 6) is 1.94. The zero-order chi connectivity index (χ0) is 19.7. The third-order valence-corrected chi connectivity index (χ3v) is 8.97. The Morgan fingerprint density at radius 2 is 1.21 bits per heavy atom. The first kappa shape index (κ1) is 26.0. The summed E-state index contributed by atoms with van der Waals surface area (Å²) in [5, 5.41) is 1.07. The van der Waals surface area contributed by atoms with Gasteiger partial charge in [-0.1, -0.05) is 36.4 Å². The predicted octanol–water partition coefficient (Wildman–Crippen LogP) is 5.39. The van der Waals surface area contributed by atoms with Gasteiger partial charge in [-0.15, -0.1) is 0 Å². The van der Waals surface area contributed by atoms with Crippen molar-refractivity contribution in [3.05, 3.63) is 84.1 Å². The molecule has 4 nitrogen and oxygen atoms in total. The van der Waals surface area contributed by atoms with E-state index in [1.165, 1.54) is 6.42 Å². The van der Waals surface area contributed by atoms with E-state index in [0.29, 0.717) is 10.8 Å². The average Bonchev–Trinajstić information content (AvgIpc) is 3.41. The topological polar surface area (TPSA) is 44.0 Å². The Bertz CT molecular complexity index is 924. The number of aromatic nitrogens is 2. The van der Waals surface area contributed by atoms with Crippen LogP contribution < -0.4 is 11.1 Å². The molecule has 0 N–H and O–H groups in total. The van der Waals surface area contributed by atoms with Gasteiger partial charge in [-0.05, 0) is 44.2 Å². The van der Waals surface area contributed by atoms with E-state index < -0.39 is 7.92 Å². The average molecular weight is 524 g/mol. The molecule has 2 aromatic rings. The van der Waals surface area contributed by atoms with Crippen LogP contribution in [0.5, 0.6) is 0 Å². The fraction of sp³-hybridized carbons (Fsp3) is 0.364. The van der Waals surface area contributed by atoms with Gasteiger partial charge in [0.25, 0.3) is 11.1 Å². The van der Waals surface area contributed by atoms with Gasteiger partial charge in [-0.3, -0.25) is 9.59 Å². The first-order valence-corrected chi connectivity index (χ1v) is 13.3. The summed E-state index contributed by atoms with van der Waals surface area (Å²) in [4.78, 5) is 25.0. The maximum atomic E-state index is 12.5. The molecule has 2 aliphatic carbocycles. The Hall–Kier alpha value is -1.02. The molecule has 1 aliphatic heterocycles. The molecule has 5 rings (SSSR count). The van der Waals surface area contributed by atoms with E-state index in [1.807, 2.05) is 43.3 Å². The van der Waals surface area contributed by atoms with Crippen LogP contribution >= 0.6 is 17.6 Å². The molecule has 0 spiro atoms. The van der Waals surface area contributed by atoms with Crippen molar-refractivity contribution in [3.8, 4) is 0 Å². The second-order valence-corrected chi connectivity index (χ2v) is 10.4. The van der Waals surface area contributed by atoms with Crippen molar-refractivity contribution in [1.29, 1.82) is 0 Å². The first-order valence-electron chi connectivity index (χ1n) is 9.07. The monoisotopic (exact) mass is 523 g/mol. The second-order valence-electron chi connectivity index (χ2n) is 7.27. The van der Waals surface area contributed by atoms with E-state index in [9.17, 15) is 9.59 Å². The SMILES string of the molecule is C1=CC2C=CC1C2.C[C@H]1n2c(=O)c3ccccc3c(=O)n2[C@H](C)[PH+]1C.[CH3-].[CH3-].[Cl][Rh+2]. The fourth-order valence-electron chi connectivity index (χ4n) is 4.09. The van der Waals surface area contributed by atoms with Crippen LogP contribution in [0.3, 0.4) is 0 Å². The number of benzene rings is 1. The third kappa shape index (κ3) is 4.68. The molecule has 2 heterocycles. The van der Waals surface area contributed by atoms with Gasteiger partial charge in [-0.25, -0.2) is 9.36 Å². The molecule has 29 heavy (non-hydrogen) atoms. The summed E-state index contributed by atoms with van der Waals surface area (Å²) >= 11 is 2.02. The van der Waals surface area contributed by atoms with Gasteiger partial charge in [0.05, 0.1) is 17.4 Å². The predicted molar refractivity (Wildman–Crippen MR) is 125 cm³/mol. The molecule has 1 aromatic carbocycles. The maximum absolute atomic E-state index is 12.5. The van der Waals surface area contributed by atoms with Crippen molar-refractivity contribution in [2.45, 2.75) is 31.8 Å². The van der Waals surface area contributed by atoms with Gasteiger partial charge in [0.1, 0.15) is 0 Å². The molecule has 160 valence electrons. The third-order valence-electron chi connectivity index (χ3n) is 5.84. The Labute approximate surface area is 189 Å². The van der Waals surface area contributed by atoms with Crippen LogP contribution in [0, 0.1) is 26.7 Å². The van der Waals surface area contributed by atoms with E-state index in [1.54, 1.807) is 21.5 Å². The zero-order valence-corrected chi connectivity index (χ0v) is 21.0. The molecule has 0 fully saturated rings. The molecule has 0 saturated heterocycles. The second kappa shape index (κ2) is 10.8. The quantitative estimate of drug-likeness (QED) is 0.201. The Morgan fingerprint density at radius 3 is 1.48 bits per heavy atom. The Kier molecular flexibility index (Phi) is 9.73. The number of fused-ring (bicyclic) bond motifs is 4. The van der Waals surface area contributed by atoms with Crippen LogP contribution in [0.1, 0.15) is 31.8 Å². The summed E-state index contributed by atoms with van der Waals surface area (Å²) in [6.07, 6.45) is 10.5. The van der Waals surface area contributed by atoms with Crippen LogP contribution in [0.4, 0.5) is 0 Å². The number of nitrogens with zero attached hydrogens (tertiary/aromatic N) is 2. The van der Waals surface area contributed by atoms with E-state index >= 15 is 0 Å². The van der Waals surface area contributed by atoms with Gasteiger partial charge in [0.15, 0.2) is 11.6 Å². The number of hydrogen-bond acceptors (Lipinski definition) is 2. The summed E-state index contributed by atoms with van der Waals surface area (Å²) < 4.78 is 3.34. The van der Waals surface area contributed by atoms with Crippen LogP contribution in [-0.4, -0.2) is 16.0 Å². The number of allylic oxidation sites excluding steroid dienone is 4. The molecule has 2 bridgehead atoms. The molecule has 0 saturated carbocycles. The Balaban J connectivity index is 0.000000322. The minimum absolute atomic E-state index is 0. The van der Waals surface area contributed by atoms with Crippen LogP contribution in [0.15, 0.2) is 58.2 Å². The van der Waals surface area contributed by atoms with E-state index in [4.69, 9.17) is 0 Å². The normalized spacial score (nSPS) is 25.3. The molecule has 3 aliphatic rings. The van der Waals surface area contributed by atoms with Crippen molar-refractivity contribution >= 4 is 28.4 Å². The van der Waals surface area contributed by atoms with Gasteiger partial charge < -0.3 is 14.9 Å². The summed E-state index contributed by atoms with van der Waals surface area (Å²) in [6.45, 7) is 6.28. The van der Waals surface area contributed by atoms with Gasteiger partial charge in [0.2, 0.25) is 0 Å². The van der Waals surface area contributed by atoms with Crippen molar-refractivity contribution in [3.63, 3.8) is 0 Å². The van der Waals surface area contributed by atoms with E-state index in [0.717, 1.165) is 11.8 Å². The van der Waals surface area contributed by atoms with Crippen LogP contribution in [-0.2, 0) is 17.3 Å². The molecule has 1 aromatic heterocycles. The fourth-order valence-corrected chi connectivity index (χ4v) is 6.04. The molecule has 0 unspecified atom stereocenters. The van der Waals surface area contributed by atoms with E-state index in [-0.39, 0.29) is 37.5 Å². The summed E-state index contributed by atoms with van der Waals surface area (Å²) in [7, 11) is 3.76. The van der Waals surface area contributed by atoms with Crippen molar-refractivity contribution in [2.75, 3.05) is 6.66 Å². The molecular weight excluding hydrogens is 494 g/mol. The molecule has 0 amide bonds. The molecule has 0 radical (unpaired) electrons. The Morgan fingerprint density at radius 1 is 0.862 bits per heavy atom. The van der Waals surface area contributed by atoms with Crippen molar-refractivity contribution in [2.24, 2.45) is 11.8 Å². The molecule has 2 atom stereocenters. The number of hydrogen-bond donors (Lipinski definition) is 0. The summed E-state index contributed by atoms with van der Waals surface area (Å²) in [5.41, 5.74) is -0.0715. The van der Waals surface area contributed by atoms with E-state index in [2.05, 4.69) is 40.7 Å². The summed E-state index contributed by atoms with van der Waals surface area (Å²) in [6, 6.07) is 7.10. The zero-order valence-electron chi connectivity index (χ0n) is 17.6. The number of halogens is 1. The van der Waals surface area contributed by atoms with Gasteiger partial charge in [0, 0.05) is 7.92 Å². The number of rotatable bonds is 0. The van der Waals surface area contributed by atoms with Gasteiger partial charge in [-0.2, -0.15) is 0 Å². The van der Waals surface area contributed by atoms with Crippen LogP contribution in [0.2, 0.25) is 0 Å². The standard InChI is InChI=1S/C13H15N2O2P.C7H8.2CH3.ClH.Rh/c1-8-14-12(16)10-6-4-5-7-11(10)13(17)15(14)9(2)18(8)3;1-2-7-4-3-6(1)5-7;;;;/h4-9H,1-3H3;1-4,6-7H,5H2;2*1H3;1H;/q;;2*-1;;+3/t8-,9-;;;;;/m0...../s1. The van der Waals surface area contributed by atoms with Crippen LogP contribution in [0.25, 0.3) is 10.8 Å². The molecule has 7 heteroatoms. The molecular formula is C22H30ClN2O2PRh+. The first-order chi connectivity index (χ1) is 13.0. The van der Waals surface area contributed by atoms with Crippen molar-refractivity contribution in [1.82, 2.24) is 9.36 Å². The minimum atomic E-state index is -0.765. The van der Waals surface area contributed by atoms with Gasteiger partial charge >= 0.3 is 27.0 Å². The van der Waals surface area contributed by atoms with Crippen molar-refractivity contribution < 1.29 is 17.3 Å².